The molecule has 0 bridgehead atoms. The second kappa shape index (κ2) is 31.3. The zero-order valence-corrected chi connectivity index (χ0v) is 27.8. The van der Waals surface area contributed by atoms with Crippen LogP contribution in [0.4, 0.5) is 0 Å². The highest BCUT2D eigenvalue weighted by molar-refractivity contribution is 8.11. The fraction of sp³-hybridized carbons (Fsp3) is 0.968. The number of phosphoric acid groups is 1. The lowest BCUT2D eigenvalue weighted by Gasteiger charge is -2.05. The van der Waals surface area contributed by atoms with Crippen LogP contribution in [-0.2, 0) is 9.09 Å². The van der Waals surface area contributed by atoms with Crippen molar-refractivity contribution < 1.29 is 18.9 Å². The third-order valence-electron chi connectivity index (χ3n) is 7.61. The normalized spacial score (nSPS) is 11.8. The van der Waals surface area contributed by atoms with Gasteiger partial charge in [0.2, 0.25) is 0 Å². The molecular formula is C31H64NO4PS2. The number of rotatable bonds is 32. The number of nitrogens with one attached hydrogen (secondary N) is 1. The van der Waals surface area contributed by atoms with Crippen LogP contribution in [0.15, 0.2) is 0 Å². The Hall–Kier alpha value is 0.350. The van der Waals surface area contributed by atoms with E-state index in [-0.39, 0.29) is 6.61 Å². The van der Waals surface area contributed by atoms with E-state index in [0.29, 0.717) is 4.32 Å². The molecule has 0 aliphatic heterocycles. The molecule has 0 aliphatic rings. The zero-order chi connectivity index (χ0) is 28.7. The number of hydrogen-bond donors (Lipinski definition) is 4. The Morgan fingerprint density at radius 3 is 0.974 bits per heavy atom. The highest BCUT2D eigenvalue weighted by Gasteiger charge is 2.12. The summed E-state index contributed by atoms with van der Waals surface area (Å²) < 4.78 is 15.6. The van der Waals surface area contributed by atoms with Crippen LogP contribution in [0.5, 0.6) is 0 Å². The summed E-state index contributed by atoms with van der Waals surface area (Å²) in [6.45, 7) is 1.14. The van der Waals surface area contributed by atoms with Crippen LogP contribution in [0.2, 0.25) is 0 Å². The highest BCUT2D eigenvalue weighted by atomic mass is 32.1. The van der Waals surface area contributed by atoms with E-state index in [1.54, 1.807) is 0 Å². The average Bonchev–Trinajstić information content (AvgIpc) is 2.88. The summed E-state index contributed by atoms with van der Waals surface area (Å²) in [5.74, 6) is 0. The fourth-order valence-corrected chi connectivity index (χ4v) is 5.78. The van der Waals surface area contributed by atoms with E-state index in [2.05, 4.69) is 22.5 Å². The summed E-state index contributed by atoms with van der Waals surface area (Å²) in [5, 5.41) is 3.10. The summed E-state index contributed by atoms with van der Waals surface area (Å²) >= 11 is 8.97. The molecule has 3 N–H and O–H groups in total. The fourth-order valence-electron chi connectivity index (χ4n) is 5.20. The molecule has 0 aromatic rings. The SMILES string of the molecule is O=P(O)(O)OCCCCCCCCCCCCCCCCCCCCCCCCCCCCCCNC(=S)S. The van der Waals surface area contributed by atoms with Gasteiger partial charge in [-0.15, -0.1) is 12.6 Å². The van der Waals surface area contributed by atoms with Crippen molar-refractivity contribution in [2.24, 2.45) is 0 Å². The maximum absolute atomic E-state index is 10.6. The van der Waals surface area contributed by atoms with E-state index in [1.807, 2.05) is 0 Å². The van der Waals surface area contributed by atoms with Crippen LogP contribution >= 0.6 is 32.7 Å². The molecule has 234 valence electrons. The topological polar surface area (TPSA) is 78.8 Å². The van der Waals surface area contributed by atoms with Gasteiger partial charge in [-0.3, -0.25) is 4.52 Å². The molecule has 0 rings (SSSR count). The van der Waals surface area contributed by atoms with Gasteiger partial charge in [0.15, 0.2) is 0 Å². The van der Waals surface area contributed by atoms with Crippen molar-refractivity contribution in [3.8, 4) is 0 Å². The summed E-state index contributed by atoms with van der Waals surface area (Å²) in [6, 6.07) is 0. The van der Waals surface area contributed by atoms with Crippen molar-refractivity contribution in [3.05, 3.63) is 0 Å². The molecule has 0 saturated heterocycles. The summed E-state index contributed by atoms with van der Waals surface area (Å²) in [5.41, 5.74) is 0. The first-order chi connectivity index (χ1) is 18.9. The first-order valence-corrected chi connectivity index (χ1v) is 19.0. The molecule has 0 spiro atoms. The molecule has 8 heteroatoms. The van der Waals surface area contributed by atoms with Gasteiger partial charge in [-0.2, -0.15) is 0 Å². The quantitative estimate of drug-likeness (QED) is 0.0263. The highest BCUT2D eigenvalue weighted by Crippen LogP contribution is 2.35. The first-order valence-electron chi connectivity index (χ1n) is 16.6. The van der Waals surface area contributed by atoms with Crippen LogP contribution in [0, 0.1) is 0 Å². The van der Waals surface area contributed by atoms with Crippen LogP contribution in [0.3, 0.4) is 0 Å². The summed E-state index contributed by atoms with van der Waals surface area (Å²) in [7, 11) is -4.27. The molecule has 0 atom stereocenters. The Balaban J connectivity index is 3.06. The van der Waals surface area contributed by atoms with Gasteiger partial charge in [0.05, 0.1) is 6.61 Å². The smallest absolute Gasteiger partial charge is 0.371 e. The molecule has 39 heavy (non-hydrogen) atoms. The minimum atomic E-state index is -4.27. The predicted molar refractivity (Wildman–Crippen MR) is 177 cm³/mol. The van der Waals surface area contributed by atoms with E-state index in [0.717, 1.165) is 25.8 Å². The molecule has 0 unspecified atom stereocenters. The van der Waals surface area contributed by atoms with E-state index in [9.17, 15) is 4.57 Å². The molecule has 0 saturated carbocycles. The maximum atomic E-state index is 10.6. The molecule has 0 aliphatic carbocycles. The molecule has 0 aromatic heterocycles. The van der Waals surface area contributed by atoms with Gasteiger partial charge in [0.1, 0.15) is 4.32 Å². The van der Waals surface area contributed by atoms with Crippen LogP contribution < -0.4 is 5.32 Å². The number of hydrogen-bond acceptors (Lipinski definition) is 3. The number of phosphoric ester groups is 1. The van der Waals surface area contributed by atoms with E-state index in [4.69, 9.17) is 22.0 Å². The van der Waals surface area contributed by atoms with E-state index in [1.165, 1.54) is 161 Å². The minimum absolute atomic E-state index is 0.166. The predicted octanol–water partition coefficient (Wildman–Crippen LogP) is 10.8. The monoisotopic (exact) mass is 609 g/mol. The van der Waals surface area contributed by atoms with Gasteiger partial charge >= 0.3 is 7.82 Å². The molecule has 0 amide bonds. The largest absolute Gasteiger partial charge is 0.469 e. The van der Waals surface area contributed by atoms with Crippen molar-refractivity contribution in [1.29, 1.82) is 0 Å². The van der Waals surface area contributed by atoms with Crippen molar-refractivity contribution in [1.82, 2.24) is 5.32 Å². The second-order valence-electron chi connectivity index (χ2n) is 11.5. The van der Waals surface area contributed by atoms with Crippen LogP contribution in [0.1, 0.15) is 180 Å². The van der Waals surface area contributed by atoms with Gasteiger partial charge in [0.25, 0.3) is 0 Å². The van der Waals surface area contributed by atoms with Crippen molar-refractivity contribution in [2.45, 2.75) is 180 Å². The van der Waals surface area contributed by atoms with Gasteiger partial charge in [-0.25, -0.2) is 4.57 Å². The third-order valence-corrected chi connectivity index (χ3v) is 8.43. The minimum Gasteiger partial charge on any atom is -0.371 e. The number of unbranched alkanes of at least 4 members (excludes halogenated alkanes) is 27. The Kier molecular flexibility index (Phi) is 31.6. The number of thiocarbonyl (C=S) groups is 1. The van der Waals surface area contributed by atoms with Crippen LogP contribution in [0.25, 0.3) is 0 Å². The van der Waals surface area contributed by atoms with Crippen molar-refractivity contribution in [2.75, 3.05) is 13.2 Å². The third kappa shape index (κ3) is 38.4. The molecular weight excluding hydrogens is 545 g/mol. The van der Waals surface area contributed by atoms with Gasteiger partial charge < -0.3 is 15.1 Å². The standard InChI is InChI=1S/C31H64NO4PS2/c33-37(34,35)36-30-28-26-24-22-20-18-16-14-12-10-8-6-4-2-1-3-5-7-9-11-13-15-17-19-21-23-25-27-29-32-31(38)39/h1-30H2,(H2,32,38,39)(H2,33,34,35). The zero-order valence-electron chi connectivity index (χ0n) is 25.2. The van der Waals surface area contributed by atoms with E-state index < -0.39 is 7.82 Å². The Bertz CT molecular complexity index is 563. The Morgan fingerprint density at radius 1 is 0.513 bits per heavy atom. The van der Waals surface area contributed by atoms with E-state index >= 15 is 0 Å². The van der Waals surface area contributed by atoms with Crippen molar-refractivity contribution in [3.63, 3.8) is 0 Å². The maximum Gasteiger partial charge on any atom is 0.469 e. The van der Waals surface area contributed by atoms with Gasteiger partial charge in [-0.1, -0.05) is 179 Å². The van der Waals surface area contributed by atoms with Gasteiger partial charge in [0, 0.05) is 6.54 Å². The average molecular weight is 610 g/mol. The molecule has 0 heterocycles. The van der Waals surface area contributed by atoms with Crippen molar-refractivity contribution >= 4 is 37.0 Å². The molecule has 0 radical (unpaired) electrons. The molecule has 0 fully saturated rings. The Morgan fingerprint density at radius 2 is 0.744 bits per heavy atom. The lowest BCUT2D eigenvalue weighted by Crippen LogP contribution is -2.17. The molecule has 5 nitrogen and oxygen atoms in total. The lowest BCUT2D eigenvalue weighted by atomic mass is 10.0. The summed E-state index contributed by atoms with van der Waals surface area (Å²) in [4.78, 5) is 17.2. The first kappa shape index (κ1) is 39.4. The summed E-state index contributed by atoms with van der Waals surface area (Å²) in [6.07, 6.45) is 37.5. The Labute approximate surface area is 253 Å². The number of thiol groups is 1. The lowest BCUT2D eigenvalue weighted by molar-refractivity contribution is 0.193. The van der Waals surface area contributed by atoms with Gasteiger partial charge in [-0.05, 0) is 12.8 Å². The molecule has 0 aromatic carbocycles. The van der Waals surface area contributed by atoms with Crippen LogP contribution in [-0.4, -0.2) is 27.3 Å². The second-order valence-corrected chi connectivity index (χ2v) is 13.9.